The average molecular weight is 279 g/mol. The molecule has 0 saturated heterocycles. The standard InChI is InChI=1S/C15H21NO4/c1-3-4-10-12(15(19)20-2)16-14(18)13(17)11-8-6-5-7-9-11/h5-9,12-13,17H,3-4,10H2,1-2H3,(H,16,18)/t12-,13-/m0/s1. The topological polar surface area (TPSA) is 75.6 Å². The molecular formula is C15H21NO4. The molecule has 0 unspecified atom stereocenters. The third kappa shape index (κ3) is 4.66. The predicted molar refractivity (Wildman–Crippen MR) is 74.9 cm³/mol. The quantitative estimate of drug-likeness (QED) is 0.743. The van der Waals surface area contributed by atoms with Crippen LogP contribution in [-0.4, -0.2) is 30.1 Å². The number of esters is 1. The number of benzene rings is 1. The van der Waals surface area contributed by atoms with Gasteiger partial charge in [-0.2, -0.15) is 0 Å². The summed E-state index contributed by atoms with van der Waals surface area (Å²) in [4.78, 5) is 23.6. The van der Waals surface area contributed by atoms with E-state index in [9.17, 15) is 14.7 Å². The van der Waals surface area contributed by atoms with Crippen LogP contribution in [0, 0.1) is 0 Å². The van der Waals surface area contributed by atoms with E-state index in [1.807, 2.05) is 6.92 Å². The summed E-state index contributed by atoms with van der Waals surface area (Å²) >= 11 is 0. The molecule has 5 heteroatoms. The Balaban J connectivity index is 2.67. The van der Waals surface area contributed by atoms with Gasteiger partial charge in [0.15, 0.2) is 6.10 Å². The van der Waals surface area contributed by atoms with E-state index in [-0.39, 0.29) is 0 Å². The number of methoxy groups -OCH3 is 1. The van der Waals surface area contributed by atoms with Crippen molar-refractivity contribution < 1.29 is 19.4 Å². The Labute approximate surface area is 118 Å². The van der Waals surface area contributed by atoms with Crippen LogP contribution in [0.15, 0.2) is 30.3 Å². The molecule has 1 amide bonds. The summed E-state index contributed by atoms with van der Waals surface area (Å²) in [6, 6.07) is 7.87. The minimum atomic E-state index is -1.29. The Kier molecular flexibility index (Phi) is 6.73. The van der Waals surface area contributed by atoms with E-state index in [1.165, 1.54) is 7.11 Å². The number of carbonyl (C=O) groups is 2. The zero-order valence-electron chi connectivity index (χ0n) is 11.8. The number of rotatable bonds is 7. The van der Waals surface area contributed by atoms with Crippen molar-refractivity contribution in [3.8, 4) is 0 Å². The molecule has 0 aromatic heterocycles. The molecule has 5 nitrogen and oxygen atoms in total. The molecule has 1 aromatic rings. The number of hydrogen-bond donors (Lipinski definition) is 2. The van der Waals surface area contributed by atoms with Crippen molar-refractivity contribution in [2.45, 2.75) is 38.3 Å². The van der Waals surface area contributed by atoms with Gasteiger partial charge in [0.25, 0.3) is 5.91 Å². The average Bonchev–Trinajstić information content (AvgIpc) is 2.50. The van der Waals surface area contributed by atoms with Crippen LogP contribution in [-0.2, 0) is 14.3 Å². The first-order valence-electron chi connectivity index (χ1n) is 6.71. The molecule has 110 valence electrons. The lowest BCUT2D eigenvalue weighted by molar-refractivity contribution is -0.146. The molecule has 0 saturated carbocycles. The van der Waals surface area contributed by atoms with Gasteiger partial charge in [-0.3, -0.25) is 4.79 Å². The van der Waals surface area contributed by atoms with Crippen LogP contribution >= 0.6 is 0 Å². The highest BCUT2D eigenvalue weighted by molar-refractivity contribution is 5.87. The van der Waals surface area contributed by atoms with Crippen molar-refractivity contribution in [1.29, 1.82) is 0 Å². The monoisotopic (exact) mass is 279 g/mol. The number of carbonyl (C=O) groups excluding carboxylic acids is 2. The normalized spacial score (nSPS) is 13.3. The second-order valence-electron chi connectivity index (χ2n) is 4.54. The van der Waals surface area contributed by atoms with Gasteiger partial charge >= 0.3 is 5.97 Å². The molecule has 0 heterocycles. The number of amides is 1. The molecule has 0 fully saturated rings. The Bertz CT molecular complexity index is 433. The highest BCUT2D eigenvalue weighted by Gasteiger charge is 2.25. The summed E-state index contributed by atoms with van der Waals surface area (Å²) in [5.41, 5.74) is 0.490. The van der Waals surface area contributed by atoms with Crippen LogP contribution in [0.4, 0.5) is 0 Å². The maximum absolute atomic E-state index is 12.0. The number of nitrogens with one attached hydrogen (secondary N) is 1. The van der Waals surface area contributed by atoms with Crippen LogP contribution in [0.25, 0.3) is 0 Å². The van der Waals surface area contributed by atoms with E-state index in [0.29, 0.717) is 12.0 Å². The fourth-order valence-corrected chi connectivity index (χ4v) is 1.84. The first-order valence-corrected chi connectivity index (χ1v) is 6.71. The molecule has 20 heavy (non-hydrogen) atoms. The number of unbranched alkanes of at least 4 members (excludes halogenated alkanes) is 1. The molecule has 0 radical (unpaired) electrons. The number of aliphatic hydroxyl groups excluding tert-OH is 1. The molecule has 2 N–H and O–H groups in total. The summed E-state index contributed by atoms with van der Waals surface area (Å²) in [5.74, 6) is -1.09. The van der Waals surface area contributed by atoms with Crippen LogP contribution < -0.4 is 5.32 Å². The Morgan fingerprint density at radius 2 is 1.95 bits per heavy atom. The minimum absolute atomic E-state index is 0.490. The molecule has 1 aromatic carbocycles. The lowest BCUT2D eigenvalue weighted by Crippen LogP contribution is -2.43. The van der Waals surface area contributed by atoms with Gasteiger partial charge in [-0.05, 0) is 12.0 Å². The van der Waals surface area contributed by atoms with Crippen molar-refractivity contribution in [2.24, 2.45) is 0 Å². The van der Waals surface area contributed by atoms with Crippen LogP contribution in [0.1, 0.15) is 37.9 Å². The van der Waals surface area contributed by atoms with E-state index in [0.717, 1.165) is 12.8 Å². The van der Waals surface area contributed by atoms with Gasteiger partial charge in [-0.15, -0.1) is 0 Å². The smallest absolute Gasteiger partial charge is 0.328 e. The van der Waals surface area contributed by atoms with Crippen molar-refractivity contribution in [3.05, 3.63) is 35.9 Å². The molecule has 2 atom stereocenters. The molecule has 0 aliphatic rings. The Morgan fingerprint density at radius 3 is 2.50 bits per heavy atom. The highest BCUT2D eigenvalue weighted by Crippen LogP contribution is 2.13. The van der Waals surface area contributed by atoms with Crippen molar-refractivity contribution >= 4 is 11.9 Å². The fourth-order valence-electron chi connectivity index (χ4n) is 1.84. The van der Waals surface area contributed by atoms with Crippen LogP contribution in [0.3, 0.4) is 0 Å². The SMILES string of the molecule is CCCC[C@H](NC(=O)[C@@H](O)c1ccccc1)C(=O)OC. The third-order valence-corrected chi connectivity index (χ3v) is 3.01. The molecule has 0 bridgehead atoms. The lowest BCUT2D eigenvalue weighted by Gasteiger charge is -2.18. The largest absolute Gasteiger partial charge is 0.467 e. The summed E-state index contributed by atoms with van der Waals surface area (Å²) in [6.07, 6.45) is 0.910. The van der Waals surface area contributed by atoms with Crippen LogP contribution in [0.5, 0.6) is 0 Å². The van der Waals surface area contributed by atoms with Gasteiger partial charge < -0.3 is 15.2 Å². The molecule has 0 spiro atoms. The maximum Gasteiger partial charge on any atom is 0.328 e. The van der Waals surface area contributed by atoms with E-state index < -0.39 is 24.0 Å². The zero-order chi connectivity index (χ0) is 15.0. The third-order valence-electron chi connectivity index (χ3n) is 3.01. The van der Waals surface area contributed by atoms with Crippen molar-refractivity contribution in [3.63, 3.8) is 0 Å². The summed E-state index contributed by atoms with van der Waals surface area (Å²) in [5, 5.41) is 12.5. The van der Waals surface area contributed by atoms with Gasteiger partial charge in [0.05, 0.1) is 7.11 Å². The summed E-state index contributed by atoms with van der Waals surface area (Å²) in [7, 11) is 1.28. The van der Waals surface area contributed by atoms with Crippen molar-refractivity contribution in [2.75, 3.05) is 7.11 Å². The first-order chi connectivity index (χ1) is 9.60. The predicted octanol–water partition coefficient (Wildman–Crippen LogP) is 1.57. The van der Waals surface area contributed by atoms with E-state index in [4.69, 9.17) is 0 Å². The second-order valence-corrected chi connectivity index (χ2v) is 4.54. The van der Waals surface area contributed by atoms with Gasteiger partial charge in [0, 0.05) is 0 Å². The van der Waals surface area contributed by atoms with Gasteiger partial charge in [0.1, 0.15) is 6.04 Å². The van der Waals surface area contributed by atoms with E-state index in [1.54, 1.807) is 30.3 Å². The molecule has 0 aliphatic carbocycles. The Morgan fingerprint density at radius 1 is 1.30 bits per heavy atom. The van der Waals surface area contributed by atoms with E-state index >= 15 is 0 Å². The van der Waals surface area contributed by atoms with Gasteiger partial charge in [-0.25, -0.2) is 4.79 Å². The van der Waals surface area contributed by atoms with Crippen LogP contribution in [0.2, 0.25) is 0 Å². The lowest BCUT2D eigenvalue weighted by atomic mass is 10.1. The van der Waals surface area contributed by atoms with Crippen molar-refractivity contribution in [1.82, 2.24) is 5.32 Å². The van der Waals surface area contributed by atoms with E-state index in [2.05, 4.69) is 10.1 Å². The summed E-state index contributed by atoms with van der Waals surface area (Å²) in [6.45, 7) is 2.00. The minimum Gasteiger partial charge on any atom is -0.467 e. The summed E-state index contributed by atoms with van der Waals surface area (Å²) < 4.78 is 4.66. The van der Waals surface area contributed by atoms with Gasteiger partial charge in [-0.1, -0.05) is 50.1 Å². The van der Waals surface area contributed by atoms with Gasteiger partial charge in [0.2, 0.25) is 0 Å². The molecule has 0 aliphatic heterocycles. The first kappa shape index (κ1) is 16.2. The Hall–Kier alpha value is -1.88. The maximum atomic E-state index is 12.0. The fraction of sp³-hybridized carbons (Fsp3) is 0.467. The molecule has 1 rings (SSSR count). The molecular weight excluding hydrogens is 258 g/mol. The number of aliphatic hydroxyl groups is 1. The number of hydrogen-bond acceptors (Lipinski definition) is 4. The number of ether oxygens (including phenoxy) is 1. The second kappa shape index (κ2) is 8.32. The highest BCUT2D eigenvalue weighted by atomic mass is 16.5. The zero-order valence-corrected chi connectivity index (χ0v) is 11.8.